The molecule has 0 radical (unpaired) electrons. The molecule has 0 spiro atoms. The summed E-state index contributed by atoms with van der Waals surface area (Å²) in [5, 5.41) is 9.08. The van der Waals surface area contributed by atoms with Gasteiger partial charge in [0.2, 0.25) is 23.1 Å². The van der Waals surface area contributed by atoms with Gasteiger partial charge in [0.25, 0.3) is 0 Å². The summed E-state index contributed by atoms with van der Waals surface area (Å²) in [7, 11) is 1.35. The van der Waals surface area contributed by atoms with Gasteiger partial charge in [-0.15, -0.1) is 0 Å². The number of pyridine rings is 4. The Morgan fingerprint density at radius 1 is 0.396 bits per heavy atom. The molecule has 0 unspecified atom stereocenters. The van der Waals surface area contributed by atoms with Gasteiger partial charge in [0, 0.05) is 70.6 Å². The molecule has 0 saturated heterocycles. The number of hydrogen-bond donors (Lipinski definition) is 1. The number of aryl methyl sites for hydroxylation is 4. The molecule has 20 heteroatoms. The summed E-state index contributed by atoms with van der Waals surface area (Å²) in [6.45, 7) is 7.66. The Morgan fingerprint density at radius 2 is 0.792 bits per heavy atom. The molecule has 101 heavy (non-hydrogen) atoms. The summed E-state index contributed by atoms with van der Waals surface area (Å²) >= 11 is 3.39. The number of esters is 1. The number of carboxylic acids is 1. The number of benzene rings is 6. The minimum atomic E-state index is -0.980. The first kappa shape index (κ1) is 67.8. The fourth-order valence-corrected chi connectivity index (χ4v) is 11.8. The Bertz CT molecular complexity index is 5740. The number of ether oxygens (including phenoxy) is 1. The minimum Gasteiger partial charge on any atom is -0.478 e. The number of halogens is 1. The molecule has 6 aromatic carbocycles. The number of aromatic carboxylic acids is 1. The lowest BCUT2D eigenvalue weighted by atomic mass is 10.0. The molecule has 1 N–H and O–H groups in total. The van der Waals surface area contributed by atoms with Crippen molar-refractivity contribution in [1.82, 2.24) is 51.9 Å². The third-order valence-corrected chi connectivity index (χ3v) is 17.2. The van der Waals surface area contributed by atoms with E-state index in [1.807, 2.05) is 239 Å². The predicted molar refractivity (Wildman–Crippen MR) is 389 cm³/mol. The highest BCUT2D eigenvalue weighted by Gasteiger charge is 2.24. The van der Waals surface area contributed by atoms with Crippen LogP contribution in [0, 0.1) is 27.7 Å². The Balaban J connectivity index is 0.000000124. The highest BCUT2D eigenvalue weighted by molar-refractivity contribution is 9.10. The third kappa shape index (κ3) is 14.6. The summed E-state index contributed by atoms with van der Waals surface area (Å²) in [6.07, 6.45) is 16.2. The van der Waals surface area contributed by atoms with E-state index in [1.54, 1.807) is 78.9 Å². The molecule has 10 heterocycles. The fourth-order valence-electron chi connectivity index (χ4n) is 11.3. The molecule has 19 nitrogen and oxygen atoms in total. The minimum absolute atomic E-state index is 0.0648. The lowest BCUT2D eigenvalue weighted by molar-refractivity contribution is 0.0599. The van der Waals surface area contributed by atoms with Gasteiger partial charge in [-0.3, -0.25) is 36.8 Å². The van der Waals surface area contributed by atoms with Crippen LogP contribution in [0.2, 0.25) is 0 Å². The van der Waals surface area contributed by atoms with Gasteiger partial charge in [-0.05, 0) is 145 Å². The van der Waals surface area contributed by atoms with Crippen LogP contribution >= 0.6 is 15.9 Å². The Hall–Kier alpha value is -13.2. The zero-order chi connectivity index (χ0) is 70.7. The van der Waals surface area contributed by atoms with Gasteiger partial charge in [0.1, 0.15) is 4.60 Å². The van der Waals surface area contributed by atoms with E-state index in [4.69, 9.17) is 9.84 Å². The number of rotatable bonds is 12. The second-order valence-electron chi connectivity index (χ2n) is 23.0. The smallest absolute Gasteiger partial charge is 0.337 e. The maximum absolute atomic E-state index is 13.2. The number of carboxylic acid groups (broad SMARTS) is 1. The molecule has 16 rings (SSSR count). The monoisotopic (exact) mass is 1400 g/mol. The van der Waals surface area contributed by atoms with Crippen LogP contribution in [0.5, 0.6) is 0 Å². The quantitative estimate of drug-likeness (QED) is 0.0886. The van der Waals surface area contributed by atoms with Crippen LogP contribution in [-0.4, -0.2) is 99.2 Å². The molecule has 0 aliphatic heterocycles. The van der Waals surface area contributed by atoms with E-state index in [-0.39, 0.29) is 28.7 Å². The van der Waals surface area contributed by atoms with E-state index in [0.29, 0.717) is 72.8 Å². The fraction of sp³-hybridized carbons (Fsp3) is 0.0617. The largest absolute Gasteiger partial charge is 0.478 e. The normalized spacial score (nSPS) is 10.8. The van der Waals surface area contributed by atoms with E-state index >= 15 is 0 Å². The second kappa shape index (κ2) is 30.5. The highest BCUT2D eigenvalue weighted by Crippen LogP contribution is 2.30. The number of nitrogens with zero attached hydrogens (tertiary/aromatic N) is 11. The Labute approximate surface area is 587 Å². The topological polar surface area (TPSA) is 231 Å². The van der Waals surface area contributed by atoms with Crippen LogP contribution in [0.25, 0.3) is 50.2 Å². The molecule has 0 bridgehead atoms. The number of imidazole rings is 5. The maximum Gasteiger partial charge on any atom is 0.337 e. The molecule has 0 fully saturated rings. The molecule has 0 saturated carbocycles. The van der Waals surface area contributed by atoms with Gasteiger partial charge in [-0.1, -0.05) is 146 Å². The van der Waals surface area contributed by atoms with Crippen LogP contribution < -0.4 is 0 Å². The molecule has 10 aromatic heterocycles. The summed E-state index contributed by atoms with van der Waals surface area (Å²) in [5.74, 6) is -0.285. The number of aromatic nitrogens is 11. The van der Waals surface area contributed by atoms with Crippen molar-refractivity contribution in [2.45, 2.75) is 27.7 Å². The average Bonchev–Trinajstić information content (AvgIpc) is 1.64. The van der Waals surface area contributed by atoms with Crippen LogP contribution in [-0.2, 0) is 4.74 Å². The molecule has 496 valence electrons. The first-order valence-corrected chi connectivity index (χ1v) is 32.5. The van der Waals surface area contributed by atoms with E-state index in [0.717, 1.165) is 55.4 Å². The van der Waals surface area contributed by atoms with Crippen molar-refractivity contribution < 1.29 is 38.6 Å². The van der Waals surface area contributed by atoms with Gasteiger partial charge in [0.15, 0.2) is 28.9 Å². The van der Waals surface area contributed by atoms with Gasteiger partial charge in [0.05, 0.1) is 70.4 Å². The van der Waals surface area contributed by atoms with Crippen molar-refractivity contribution in [1.29, 1.82) is 0 Å². The van der Waals surface area contributed by atoms with Gasteiger partial charge in [-0.25, -0.2) is 39.5 Å². The third-order valence-electron chi connectivity index (χ3n) is 16.6. The van der Waals surface area contributed by atoms with Crippen LogP contribution in [0.15, 0.2) is 285 Å². The maximum atomic E-state index is 13.2. The molecule has 0 amide bonds. The van der Waals surface area contributed by atoms with Crippen molar-refractivity contribution in [3.63, 3.8) is 0 Å². The van der Waals surface area contributed by atoms with E-state index < -0.39 is 11.9 Å². The number of carbonyl (C=O) groups excluding carboxylic acids is 5. The van der Waals surface area contributed by atoms with E-state index in [9.17, 15) is 28.8 Å². The molecule has 0 atom stereocenters. The first-order valence-electron chi connectivity index (χ1n) is 31.7. The molecule has 0 aliphatic rings. The number of carbonyl (C=O) groups is 6. The lowest BCUT2D eigenvalue weighted by Gasteiger charge is -2.03. The number of ketones is 4. The highest BCUT2D eigenvalue weighted by atomic mass is 79.9. The second-order valence-corrected chi connectivity index (χ2v) is 23.8. The molecule has 0 aliphatic carbocycles. The van der Waals surface area contributed by atoms with Crippen molar-refractivity contribution in [3.8, 4) is 22.5 Å². The SMILES string of the molecule is COC(=O)c1ccc(-c2nc(C(=O)c3ccccc3C)n3ccccc23)cc1.Cc1ccccc1C(=O)c1nc(-c2ccc(C(=O)O)cc2)c2ccccn12.Cc1ccccc1C(=O)c1nc(Br)c2ccccn12.Cc1ccccc1C(=O)c1ncc2ncccn12.c1ccn2cncc2c1. The molecular formula is C81H62BrN11O8. The zero-order valence-electron chi connectivity index (χ0n) is 55.2. The van der Waals surface area contributed by atoms with Gasteiger partial charge >= 0.3 is 11.9 Å². The van der Waals surface area contributed by atoms with E-state index in [2.05, 4.69) is 45.8 Å². The number of methoxy groups -OCH3 is 1. The Morgan fingerprint density at radius 3 is 1.25 bits per heavy atom. The van der Waals surface area contributed by atoms with Crippen molar-refractivity contribution in [2.75, 3.05) is 7.11 Å². The van der Waals surface area contributed by atoms with Gasteiger partial charge < -0.3 is 14.2 Å². The summed E-state index contributed by atoms with van der Waals surface area (Å²) < 4.78 is 14.5. The molecular weight excluding hydrogens is 1330 g/mol. The summed E-state index contributed by atoms with van der Waals surface area (Å²) in [4.78, 5) is 99.9. The van der Waals surface area contributed by atoms with Crippen molar-refractivity contribution >= 4 is 78.7 Å². The number of hydrogen-bond acceptors (Lipinski definition) is 13. The van der Waals surface area contributed by atoms with Crippen molar-refractivity contribution in [2.24, 2.45) is 0 Å². The summed E-state index contributed by atoms with van der Waals surface area (Å²) in [5.41, 5.74) is 14.2. The average molecular weight is 1400 g/mol. The Kier molecular flexibility index (Phi) is 20.4. The lowest BCUT2D eigenvalue weighted by Crippen LogP contribution is -2.08. The standard InChI is InChI=1S/C23H18N2O3.C22H16N2O3.C15H11BrN2O.C14H11N3O.C7H6N2/c1-15-7-3-4-8-18(15)21(26)22-24-20(19-9-5-6-14-25(19)22)16-10-12-17(13-11-16)23(27)28-2;1-14-6-2-3-7-17(14)20(25)21-23-19(18-8-4-5-13-24(18)21)15-9-11-16(12-10-15)22(26)27;1-10-6-2-3-7-11(10)13(19)15-17-14(16)12-8-4-5-9-18(12)15;1-10-5-2-3-6-11(10)13(18)14-16-9-12-15-7-4-8-17(12)14;1-2-4-9-6-8-5-7(9)3-1/h3-14H,1-2H3;2-13H,1H3,(H,26,27);2-9H,1H3;2-9H,1H3;1-6H. The van der Waals surface area contributed by atoms with Crippen molar-refractivity contribution in [3.05, 3.63) is 364 Å². The van der Waals surface area contributed by atoms with Crippen LogP contribution in [0.1, 0.15) is 108 Å². The van der Waals surface area contributed by atoms with Crippen LogP contribution in [0.4, 0.5) is 0 Å². The zero-order valence-corrected chi connectivity index (χ0v) is 56.7. The number of fused-ring (bicyclic) bond motifs is 5. The van der Waals surface area contributed by atoms with E-state index in [1.165, 1.54) is 19.2 Å². The van der Waals surface area contributed by atoms with Crippen LogP contribution in [0.3, 0.4) is 0 Å². The predicted octanol–water partition coefficient (Wildman–Crippen LogP) is 15.8. The van der Waals surface area contributed by atoms with Gasteiger partial charge in [-0.2, -0.15) is 0 Å². The molecule has 16 aromatic rings. The first-order chi connectivity index (χ1) is 49.1. The summed E-state index contributed by atoms with van der Waals surface area (Å²) in [6, 6.07) is 68.3.